The maximum atomic E-state index is 13.2. The first-order chi connectivity index (χ1) is 14.6. The van der Waals surface area contributed by atoms with Crippen molar-refractivity contribution in [3.8, 4) is 5.75 Å². The molecular formula is C24H35N3O3. The Morgan fingerprint density at radius 3 is 2.47 bits per heavy atom. The Morgan fingerprint density at radius 2 is 1.70 bits per heavy atom. The zero-order valence-electron chi connectivity index (χ0n) is 18.1. The van der Waals surface area contributed by atoms with Crippen LogP contribution in [-0.4, -0.2) is 43.1 Å². The van der Waals surface area contributed by atoms with Crippen LogP contribution in [0, 0.1) is 11.8 Å². The number of ether oxygens (including phenoxy) is 1. The minimum absolute atomic E-state index is 0.0362. The highest BCUT2D eigenvalue weighted by atomic mass is 16.5. The molecule has 2 atom stereocenters. The second kappa shape index (κ2) is 9.71. The topological polar surface area (TPSA) is 70.7 Å². The molecule has 1 aliphatic heterocycles. The minimum Gasteiger partial charge on any atom is -0.496 e. The van der Waals surface area contributed by atoms with Crippen molar-refractivity contribution < 1.29 is 14.3 Å². The van der Waals surface area contributed by atoms with Crippen LogP contribution in [-0.2, 0) is 0 Å². The first kappa shape index (κ1) is 21.0. The number of nitrogens with one attached hydrogen (secondary N) is 2. The number of amides is 3. The molecule has 0 unspecified atom stereocenters. The number of methoxy groups -OCH3 is 1. The van der Waals surface area contributed by atoms with E-state index < -0.39 is 0 Å². The molecule has 6 heteroatoms. The van der Waals surface area contributed by atoms with Crippen LogP contribution in [0.4, 0.5) is 10.5 Å². The number of hydrogen-bond donors (Lipinski definition) is 2. The number of urea groups is 1. The number of benzene rings is 1. The van der Waals surface area contributed by atoms with Crippen LogP contribution < -0.4 is 15.4 Å². The summed E-state index contributed by atoms with van der Waals surface area (Å²) in [6.07, 6.45) is 12.0. The normalized spacial score (nSPS) is 24.6. The molecule has 1 aromatic rings. The third-order valence-electron chi connectivity index (χ3n) is 7.21. The van der Waals surface area contributed by atoms with Gasteiger partial charge in [0.25, 0.3) is 5.91 Å². The fourth-order valence-corrected chi connectivity index (χ4v) is 5.50. The molecule has 3 aliphatic rings. The highest BCUT2D eigenvalue weighted by molar-refractivity contribution is 5.98. The summed E-state index contributed by atoms with van der Waals surface area (Å²) < 4.78 is 5.52. The number of carbonyl (C=O) groups excluding carboxylic acids is 2. The van der Waals surface area contributed by atoms with Crippen molar-refractivity contribution >= 4 is 17.6 Å². The Hall–Kier alpha value is -2.24. The number of anilines is 1. The number of piperidine rings is 1. The van der Waals surface area contributed by atoms with Gasteiger partial charge in [0.2, 0.25) is 0 Å². The zero-order valence-corrected chi connectivity index (χ0v) is 18.1. The van der Waals surface area contributed by atoms with E-state index in [2.05, 4.69) is 10.6 Å². The van der Waals surface area contributed by atoms with Gasteiger partial charge in [0.15, 0.2) is 0 Å². The molecule has 3 fully saturated rings. The van der Waals surface area contributed by atoms with Crippen LogP contribution in [0.1, 0.15) is 74.6 Å². The fraction of sp³-hybridized carbons (Fsp3) is 0.667. The molecule has 30 heavy (non-hydrogen) atoms. The molecule has 6 nitrogen and oxygen atoms in total. The van der Waals surface area contributed by atoms with Crippen LogP contribution in [0.5, 0.6) is 5.75 Å². The molecule has 1 heterocycles. The van der Waals surface area contributed by atoms with E-state index in [4.69, 9.17) is 4.74 Å². The Morgan fingerprint density at radius 1 is 0.967 bits per heavy atom. The summed E-state index contributed by atoms with van der Waals surface area (Å²) in [6, 6.07) is 5.39. The van der Waals surface area contributed by atoms with Gasteiger partial charge in [0.05, 0.1) is 12.7 Å². The molecule has 2 aliphatic carbocycles. The average molecular weight is 414 g/mol. The van der Waals surface area contributed by atoms with Crippen LogP contribution in [0.15, 0.2) is 18.2 Å². The van der Waals surface area contributed by atoms with Crippen molar-refractivity contribution in [2.45, 2.75) is 70.3 Å². The summed E-state index contributed by atoms with van der Waals surface area (Å²) in [4.78, 5) is 27.5. The molecule has 164 valence electrons. The number of hydrogen-bond acceptors (Lipinski definition) is 3. The Kier molecular flexibility index (Phi) is 6.80. The number of likely N-dealkylation sites (tertiary alicyclic amines) is 1. The van der Waals surface area contributed by atoms with Gasteiger partial charge in [-0.1, -0.05) is 38.5 Å². The summed E-state index contributed by atoms with van der Waals surface area (Å²) in [7, 11) is 1.57. The lowest BCUT2D eigenvalue weighted by molar-refractivity contribution is 0.0518. The van der Waals surface area contributed by atoms with Crippen LogP contribution >= 0.6 is 0 Å². The number of carbonyl (C=O) groups is 2. The SMILES string of the molecule is COc1cc(NC(=O)NC2CCCCC2)ccc1C(=O)N1CC[C@H]2CCCC[C@H]2C1. The molecule has 1 saturated heterocycles. The van der Waals surface area contributed by atoms with E-state index in [1.807, 2.05) is 4.90 Å². The second-order valence-electron chi connectivity index (χ2n) is 9.19. The summed E-state index contributed by atoms with van der Waals surface area (Å²) >= 11 is 0. The average Bonchev–Trinajstić information content (AvgIpc) is 2.78. The molecule has 1 aromatic carbocycles. The van der Waals surface area contributed by atoms with Crippen LogP contribution in [0.2, 0.25) is 0 Å². The molecule has 2 saturated carbocycles. The molecule has 2 N–H and O–H groups in total. The van der Waals surface area contributed by atoms with E-state index in [9.17, 15) is 9.59 Å². The summed E-state index contributed by atoms with van der Waals surface area (Å²) in [5.74, 6) is 1.99. The summed E-state index contributed by atoms with van der Waals surface area (Å²) in [5, 5.41) is 5.95. The molecule has 4 rings (SSSR count). The molecule has 0 radical (unpaired) electrons. The molecule has 3 amide bonds. The third kappa shape index (κ3) is 4.90. The van der Waals surface area contributed by atoms with Gasteiger partial charge in [0.1, 0.15) is 5.75 Å². The third-order valence-corrected chi connectivity index (χ3v) is 7.21. The maximum Gasteiger partial charge on any atom is 0.319 e. The first-order valence-electron chi connectivity index (χ1n) is 11.7. The van der Waals surface area contributed by atoms with Gasteiger partial charge in [-0.15, -0.1) is 0 Å². The largest absolute Gasteiger partial charge is 0.496 e. The quantitative estimate of drug-likeness (QED) is 0.745. The van der Waals surface area contributed by atoms with E-state index in [1.54, 1.807) is 25.3 Å². The summed E-state index contributed by atoms with van der Waals surface area (Å²) in [5.41, 5.74) is 1.22. The van der Waals surface area contributed by atoms with Crippen molar-refractivity contribution in [2.75, 3.05) is 25.5 Å². The predicted molar refractivity (Wildman–Crippen MR) is 118 cm³/mol. The molecule has 0 spiro atoms. The first-order valence-corrected chi connectivity index (χ1v) is 11.7. The lowest BCUT2D eigenvalue weighted by Gasteiger charge is -2.41. The Bertz CT molecular complexity index is 760. The van der Waals surface area contributed by atoms with Gasteiger partial charge in [-0.2, -0.15) is 0 Å². The van der Waals surface area contributed by atoms with Crippen molar-refractivity contribution in [1.82, 2.24) is 10.2 Å². The van der Waals surface area contributed by atoms with Gasteiger partial charge in [-0.05, 0) is 49.7 Å². The Balaban J connectivity index is 1.39. The van der Waals surface area contributed by atoms with Gasteiger partial charge >= 0.3 is 6.03 Å². The lowest BCUT2D eigenvalue weighted by atomic mass is 9.75. The lowest BCUT2D eigenvalue weighted by Crippen LogP contribution is -2.44. The van der Waals surface area contributed by atoms with E-state index in [0.29, 0.717) is 22.9 Å². The number of nitrogens with zero attached hydrogens (tertiary/aromatic N) is 1. The monoisotopic (exact) mass is 413 g/mol. The van der Waals surface area contributed by atoms with Crippen molar-refractivity contribution in [2.24, 2.45) is 11.8 Å². The summed E-state index contributed by atoms with van der Waals surface area (Å²) in [6.45, 7) is 1.68. The molecule has 0 aromatic heterocycles. The second-order valence-corrected chi connectivity index (χ2v) is 9.19. The van der Waals surface area contributed by atoms with E-state index in [0.717, 1.165) is 38.3 Å². The van der Waals surface area contributed by atoms with Crippen molar-refractivity contribution in [1.29, 1.82) is 0 Å². The van der Waals surface area contributed by atoms with E-state index in [1.165, 1.54) is 44.9 Å². The minimum atomic E-state index is -0.192. The standard InChI is InChI=1S/C24H35N3O3/c1-30-22-15-20(26-24(29)25-19-9-3-2-4-10-19)11-12-21(22)23(28)27-14-13-17-7-5-6-8-18(17)16-27/h11-12,15,17-19H,2-10,13-14,16H2,1H3,(H2,25,26,29)/t17-,18+/m1/s1. The maximum absolute atomic E-state index is 13.2. The predicted octanol–water partition coefficient (Wildman–Crippen LogP) is 4.80. The van der Waals surface area contributed by atoms with Crippen molar-refractivity contribution in [3.05, 3.63) is 23.8 Å². The van der Waals surface area contributed by atoms with Crippen LogP contribution in [0.25, 0.3) is 0 Å². The van der Waals surface area contributed by atoms with Gasteiger partial charge < -0.3 is 20.3 Å². The highest BCUT2D eigenvalue weighted by Gasteiger charge is 2.34. The smallest absolute Gasteiger partial charge is 0.319 e. The van der Waals surface area contributed by atoms with E-state index >= 15 is 0 Å². The van der Waals surface area contributed by atoms with Crippen LogP contribution in [0.3, 0.4) is 0 Å². The highest BCUT2D eigenvalue weighted by Crippen LogP contribution is 2.37. The fourth-order valence-electron chi connectivity index (χ4n) is 5.50. The molecular weight excluding hydrogens is 378 g/mol. The number of rotatable bonds is 4. The van der Waals surface area contributed by atoms with Gasteiger partial charge in [0, 0.05) is 30.9 Å². The molecule has 0 bridgehead atoms. The van der Waals surface area contributed by atoms with Gasteiger partial charge in [-0.3, -0.25) is 4.79 Å². The van der Waals surface area contributed by atoms with Gasteiger partial charge in [-0.25, -0.2) is 4.79 Å². The van der Waals surface area contributed by atoms with E-state index in [-0.39, 0.29) is 18.0 Å². The number of fused-ring (bicyclic) bond motifs is 1. The van der Waals surface area contributed by atoms with Crippen molar-refractivity contribution in [3.63, 3.8) is 0 Å². The zero-order chi connectivity index (χ0) is 20.9. The Labute approximate surface area is 179 Å².